The average Bonchev–Trinajstić information content (AvgIpc) is 2.82. The van der Waals surface area contributed by atoms with Gasteiger partial charge in [0.2, 0.25) is 10.0 Å². The fourth-order valence-corrected chi connectivity index (χ4v) is 3.54. The molecule has 1 aromatic carbocycles. The predicted octanol–water partition coefficient (Wildman–Crippen LogP) is 2.34. The van der Waals surface area contributed by atoms with Crippen LogP contribution in [0, 0.1) is 5.82 Å². The van der Waals surface area contributed by atoms with Gasteiger partial charge in [-0.1, -0.05) is 0 Å². The second kappa shape index (κ2) is 5.80. The maximum atomic E-state index is 13.5. The maximum Gasteiger partial charge on any atom is 0.416 e. The van der Waals surface area contributed by atoms with E-state index in [4.69, 9.17) is 0 Å². The van der Waals surface area contributed by atoms with Gasteiger partial charge >= 0.3 is 6.18 Å². The maximum absolute atomic E-state index is 13.5. The summed E-state index contributed by atoms with van der Waals surface area (Å²) in [6.07, 6.45) is -3.18. The van der Waals surface area contributed by atoms with E-state index < -0.39 is 33.3 Å². The minimum Gasteiger partial charge on any atom is -0.313 e. The zero-order valence-electron chi connectivity index (χ0n) is 10.9. The zero-order chi connectivity index (χ0) is 15.7. The van der Waals surface area contributed by atoms with Crippen LogP contribution in [0.15, 0.2) is 18.2 Å². The topological polar surface area (TPSA) is 58.2 Å². The number of hydrogen-bond acceptors (Lipinski definition) is 3. The molecule has 0 saturated carbocycles. The molecule has 1 aliphatic heterocycles. The average molecular weight is 326 g/mol. The quantitative estimate of drug-likeness (QED) is 0.835. The summed E-state index contributed by atoms with van der Waals surface area (Å²) >= 11 is 0. The van der Waals surface area contributed by atoms with Crippen molar-refractivity contribution in [2.24, 2.45) is 0 Å². The molecule has 2 rings (SSSR count). The van der Waals surface area contributed by atoms with Crippen molar-refractivity contribution >= 4 is 15.7 Å². The first-order chi connectivity index (χ1) is 9.67. The smallest absolute Gasteiger partial charge is 0.313 e. The predicted molar refractivity (Wildman–Crippen MR) is 69.8 cm³/mol. The Kier molecular flexibility index (Phi) is 4.43. The Labute approximate surface area is 119 Å². The molecule has 1 heterocycles. The molecule has 0 amide bonds. The second-order valence-electron chi connectivity index (χ2n) is 4.87. The van der Waals surface area contributed by atoms with Crippen LogP contribution in [0.2, 0.25) is 0 Å². The summed E-state index contributed by atoms with van der Waals surface area (Å²) in [6.45, 7) is 0.693. The first-order valence-electron chi connectivity index (χ1n) is 6.28. The fraction of sp³-hybridized carbons (Fsp3) is 0.500. The van der Waals surface area contributed by atoms with Gasteiger partial charge in [-0.3, -0.25) is 4.72 Å². The van der Waals surface area contributed by atoms with Crippen LogP contribution in [0.25, 0.3) is 0 Å². The van der Waals surface area contributed by atoms with Crippen molar-refractivity contribution in [2.75, 3.05) is 17.0 Å². The van der Waals surface area contributed by atoms with E-state index in [1.54, 1.807) is 0 Å². The first-order valence-corrected chi connectivity index (χ1v) is 7.93. The van der Waals surface area contributed by atoms with Gasteiger partial charge in [0.15, 0.2) is 0 Å². The Morgan fingerprint density at radius 1 is 1.33 bits per heavy atom. The number of benzene rings is 1. The van der Waals surface area contributed by atoms with Crippen LogP contribution < -0.4 is 10.0 Å². The number of hydrogen-bond donors (Lipinski definition) is 2. The van der Waals surface area contributed by atoms with E-state index in [1.807, 2.05) is 4.72 Å². The highest BCUT2D eigenvalue weighted by molar-refractivity contribution is 7.92. The molecule has 1 aromatic rings. The van der Waals surface area contributed by atoms with E-state index in [2.05, 4.69) is 5.32 Å². The molecule has 1 saturated heterocycles. The van der Waals surface area contributed by atoms with Crippen LogP contribution in [-0.2, 0) is 16.2 Å². The van der Waals surface area contributed by atoms with Crippen molar-refractivity contribution in [1.29, 1.82) is 0 Å². The molecule has 2 N–H and O–H groups in total. The van der Waals surface area contributed by atoms with Crippen molar-refractivity contribution < 1.29 is 26.0 Å². The standard InChI is InChI=1S/C12H14F4N2O2S/c13-10-4-3-8(12(14,15)16)6-11(10)18-21(19,20)7-9-2-1-5-17-9/h3-4,6,9,17-18H,1-2,5,7H2. The lowest BCUT2D eigenvalue weighted by Gasteiger charge is -2.14. The highest BCUT2D eigenvalue weighted by Gasteiger charge is 2.32. The van der Waals surface area contributed by atoms with E-state index in [0.29, 0.717) is 31.2 Å². The van der Waals surface area contributed by atoms with Crippen molar-refractivity contribution in [3.63, 3.8) is 0 Å². The van der Waals surface area contributed by atoms with Crippen LogP contribution in [0.5, 0.6) is 0 Å². The Bertz CT molecular complexity index is 610. The van der Waals surface area contributed by atoms with Crippen LogP contribution in [-0.4, -0.2) is 26.8 Å². The van der Waals surface area contributed by atoms with Gasteiger partial charge < -0.3 is 5.32 Å². The molecule has 0 aromatic heterocycles. The van der Waals surface area contributed by atoms with Gasteiger partial charge in [0, 0.05) is 6.04 Å². The van der Waals surface area contributed by atoms with Gasteiger partial charge in [-0.2, -0.15) is 13.2 Å². The van der Waals surface area contributed by atoms with Crippen LogP contribution in [0.3, 0.4) is 0 Å². The number of nitrogens with one attached hydrogen (secondary N) is 2. The second-order valence-corrected chi connectivity index (χ2v) is 6.64. The molecule has 0 aliphatic carbocycles. The van der Waals surface area contributed by atoms with Gasteiger partial charge in [0.25, 0.3) is 0 Å². The molecular weight excluding hydrogens is 312 g/mol. The third-order valence-corrected chi connectivity index (χ3v) is 4.51. The minimum atomic E-state index is -4.67. The highest BCUT2D eigenvalue weighted by atomic mass is 32.2. The summed E-state index contributed by atoms with van der Waals surface area (Å²) in [7, 11) is -3.92. The Hall–Kier alpha value is -1.35. The van der Waals surface area contributed by atoms with Gasteiger partial charge in [0.1, 0.15) is 5.82 Å². The molecule has 1 fully saturated rings. The third-order valence-electron chi connectivity index (χ3n) is 3.14. The van der Waals surface area contributed by atoms with E-state index in [1.165, 1.54) is 0 Å². The lowest BCUT2D eigenvalue weighted by molar-refractivity contribution is -0.137. The summed E-state index contributed by atoms with van der Waals surface area (Å²) in [5.74, 6) is -1.35. The molecule has 9 heteroatoms. The zero-order valence-corrected chi connectivity index (χ0v) is 11.7. The lowest BCUT2D eigenvalue weighted by atomic mass is 10.2. The van der Waals surface area contributed by atoms with Crippen LogP contribution in [0.1, 0.15) is 18.4 Å². The number of sulfonamides is 1. The normalized spacial score (nSPS) is 19.7. The molecular formula is C12H14F4N2O2S. The van der Waals surface area contributed by atoms with Crippen molar-refractivity contribution in [3.05, 3.63) is 29.6 Å². The highest BCUT2D eigenvalue weighted by Crippen LogP contribution is 2.32. The third kappa shape index (κ3) is 4.31. The minimum absolute atomic E-state index is 0.267. The first kappa shape index (κ1) is 16.0. The van der Waals surface area contributed by atoms with E-state index in [9.17, 15) is 26.0 Å². The molecule has 4 nitrogen and oxygen atoms in total. The SMILES string of the molecule is O=S(=O)(CC1CCCN1)Nc1cc(C(F)(F)F)ccc1F. The fourth-order valence-electron chi connectivity index (χ4n) is 2.15. The Morgan fingerprint density at radius 2 is 2.05 bits per heavy atom. The van der Waals surface area contributed by atoms with Crippen LogP contribution in [0.4, 0.5) is 23.2 Å². The number of halogens is 4. The summed E-state index contributed by atoms with van der Waals surface area (Å²) in [6, 6.07) is 1.34. The number of alkyl halides is 3. The largest absolute Gasteiger partial charge is 0.416 e. The molecule has 118 valence electrons. The molecule has 21 heavy (non-hydrogen) atoms. The van der Waals surface area contributed by atoms with E-state index in [-0.39, 0.29) is 11.8 Å². The van der Waals surface area contributed by atoms with Gasteiger partial charge in [-0.05, 0) is 37.6 Å². The van der Waals surface area contributed by atoms with E-state index in [0.717, 1.165) is 6.42 Å². The van der Waals surface area contributed by atoms with Crippen LogP contribution >= 0.6 is 0 Å². The molecule has 1 unspecified atom stereocenters. The summed E-state index contributed by atoms with van der Waals surface area (Å²) in [5, 5.41) is 2.96. The van der Waals surface area contributed by atoms with Gasteiger partial charge in [-0.25, -0.2) is 12.8 Å². The number of anilines is 1. The molecule has 0 spiro atoms. The number of rotatable bonds is 4. The summed E-state index contributed by atoms with van der Waals surface area (Å²) < 4.78 is 76.8. The van der Waals surface area contributed by atoms with Crippen molar-refractivity contribution in [2.45, 2.75) is 25.1 Å². The van der Waals surface area contributed by atoms with E-state index >= 15 is 0 Å². The van der Waals surface area contributed by atoms with Crippen molar-refractivity contribution in [1.82, 2.24) is 5.32 Å². The molecule has 0 bridgehead atoms. The molecule has 1 atom stereocenters. The van der Waals surface area contributed by atoms with Gasteiger partial charge in [-0.15, -0.1) is 0 Å². The Balaban J connectivity index is 2.17. The Morgan fingerprint density at radius 3 is 2.62 bits per heavy atom. The monoisotopic (exact) mass is 326 g/mol. The molecule has 1 aliphatic rings. The molecule has 0 radical (unpaired) electrons. The summed E-state index contributed by atoms with van der Waals surface area (Å²) in [5.41, 5.74) is -1.80. The van der Waals surface area contributed by atoms with Gasteiger partial charge in [0.05, 0.1) is 17.0 Å². The lowest BCUT2D eigenvalue weighted by Crippen LogP contribution is -2.33. The van der Waals surface area contributed by atoms with Crippen molar-refractivity contribution in [3.8, 4) is 0 Å². The summed E-state index contributed by atoms with van der Waals surface area (Å²) in [4.78, 5) is 0.